The average molecular weight is 427 g/mol. The van der Waals surface area contributed by atoms with Gasteiger partial charge in [-0.25, -0.2) is 0 Å². The molecule has 0 saturated carbocycles. The molecule has 0 aromatic heterocycles. The van der Waals surface area contributed by atoms with Crippen molar-refractivity contribution in [2.75, 3.05) is 32.6 Å². The van der Waals surface area contributed by atoms with E-state index in [9.17, 15) is 9.59 Å². The van der Waals surface area contributed by atoms with Gasteiger partial charge in [0.1, 0.15) is 6.04 Å². The highest BCUT2D eigenvalue weighted by Crippen LogP contribution is 2.33. The molecule has 5 nitrogen and oxygen atoms in total. The molecule has 2 aliphatic rings. The van der Waals surface area contributed by atoms with Gasteiger partial charge in [-0.05, 0) is 48.3 Å². The standard InChI is InChI=1S/C24H30N2O3S/c1-30-24(10-13-29-14-11-24)17-25-23(28)21-7-4-12-26(21)22(27)16-18-8-9-19-5-2-3-6-20(19)15-18/h2-3,5-6,8-9,15,21H,4,7,10-14,16-17H2,1H3,(H,25,28). The van der Waals surface area contributed by atoms with Crippen molar-refractivity contribution in [3.8, 4) is 0 Å². The second-order valence-corrected chi connectivity index (χ2v) is 9.60. The Morgan fingerprint density at radius 3 is 2.70 bits per heavy atom. The van der Waals surface area contributed by atoms with Crippen molar-refractivity contribution in [2.45, 2.75) is 42.9 Å². The maximum atomic E-state index is 13.0. The van der Waals surface area contributed by atoms with Gasteiger partial charge in [0.15, 0.2) is 0 Å². The number of hydrogen-bond donors (Lipinski definition) is 1. The van der Waals surface area contributed by atoms with E-state index >= 15 is 0 Å². The highest BCUT2D eigenvalue weighted by Gasteiger charge is 2.36. The Bertz CT molecular complexity index is 910. The molecule has 2 amide bonds. The number of nitrogens with zero attached hydrogens (tertiary/aromatic N) is 1. The summed E-state index contributed by atoms with van der Waals surface area (Å²) in [6.45, 7) is 2.79. The third-order valence-corrected chi connectivity index (χ3v) is 7.89. The summed E-state index contributed by atoms with van der Waals surface area (Å²) in [6.07, 6.45) is 5.95. The number of fused-ring (bicyclic) bond motifs is 1. The van der Waals surface area contributed by atoms with Gasteiger partial charge in [0.25, 0.3) is 0 Å². The summed E-state index contributed by atoms with van der Waals surface area (Å²) in [5, 5.41) is 5.46. The van der Waals surface area contributed by atoms with Gasteiger partial charge < -0.3 is 15.0 Å². The van der Waals surface area contributed by atoms with Crippen LogP contribution in [-0.4, -0.2) is 60.1 Å². The second-order valence-electron chi connectivity index (χ2n) is 8.32. The summed E-state index contributed by atoms with van der Waals surface area (Å²) in [7, 11) is 0. The molecular weight excluding hydrogens is 396 g/mol. The van der Waals surface area contributed by atoms with Crippen molar-refractivity contribution in [1.29, 1.82) is 0 Å². The molecule has 2 saturated heterocycles. The number of amides is 2. The van der Waals surface area contributed by atoms with Gasteiger partial charge in [0, 0.05) is 31.1 Å². The zero-order valence-corrected chi connectivity index (χ0v) is 18.4. The molecule has 2 aromatic rings. The molecule has 2 aliphatic heterocycles. The molecule has 4 rings (SSSR count). The van der Waals surface area contributed by atoms with Crippen LogP contribution in [0.25, 0.3) is 10.8 Å². The topological polar surface area (TPSA) is 58.6 Å². The maximum Gasteiger partial charge on any atom is 0.242 e. The predicted octanol–water partition coefficient (Wildman–Crippen LogP) is 3.40. The number of carbonyl (C=O) groups is 2. The van der Waals surface area contributed by atoms with E-state index in [0.29, 0.717) is 19.5 Å². The number of carbonyl (C=O) groups excluding carboxylic acids is 2. The minimum absolute atomic E-state index is 0.0146. The summed E-state index contributed by atoms with van der Waals surface area (Å²) < 4.78 is 5.53. The fourth-order valence-corrected chi connectivity index (χ4v) is 5.32. The highest BCUT2D eigenvalue weighted by atomic mass is 32.2. The first-order valence-corrected chi connectivity index (χ1v) is 12.0. The van der Waals surface area contributed by atoms with Crippen molar-refractivity contribution < 1.29 is 14.3 Å². The van der Waals surface area contributed by atoms with Gasteiger partial charge in [0.05, 0.1) is 6.42 Å². The van der Waals surface area contributed by atoms with Crippen LogP contribution in [-0.2, 0) is 20.7 Å². The molecule has 1 atom stereocenters. The Hall–Kier alpha value is -2.05. The van der Waals surface area contributed by atoms with Gasteiger partial charge in [-0.2, -0.15) is 11.8 Å². The fraction of sp³-hybridized carbons (Fsp3) is 0.500. The first kappa shape index (κ1) is 21.2. The molecule has 6 heteroatoms. The highest BCUT2D eigenvalue weighted by molar-refractivity contribution is 8.00. The number of rotatable bonds is 6. The number of ether oxygens (including phenoxy) is 1. The van der Waals surface area contributed by atoms with Crippen molar-refractivity contribution >= 4 is 34.3 Å². The third kappa shape index (κ3) is 4.65. The van der Waals surface area contributed by atoms with Gasteiger partial charge in [0.2, 0.25) is 11.8 Å². The molecule has 160 valence electrons. The molecule has 0 aliphatic carbocycles. The minimum Gasteiger partial charge on any atom is -0.381 e. The SMILES string of the molecule is CSC1(CNC(=O)C2CCCN2C(=O)Cc2ccc3ccccc3c2)CCOCC1. The molecular formula is C24H30N2O3S. The number of benzene rings is 2. The summed E-state index contributed by atoms with van der Waals surface area (Å²) in [4.78, 5) is 27.7. The smallest absolute Gasteiger partial charge is 0.242 e. The molecule has 0 bridgehead atoms. The lowest BCUT2D eigenvalue weighted by Gasteiger charge is -2.36. The summed E-state index contributed by atoms with van der Waals surface area (Å²) in [5.74, 6) is 0.0212. The van der Waals surface area contributed by atoms with Gasteiger partial charge >= 0.3 is 0 Å². The van der Waals surface area contributed by atoms with Crippen LogP contribution in [0.4, 0.5) is 0 Å². The molecule has 1 unspecified atom stereocenters. The van der Waals surface area contributed by atoms with Crippen LogP contribution in [0.1, 0.15) is 31.2 Å². The van der Waals surface area contributed by atoms with Crippen LogP contribution >= 0.6 is 11.8 Å². The van der Waals surface area contributed by atoms with E-state index < -0.39 is 0 Å². The molecule has 1 N–H and O–H groups in total. The third-order valence-electron chi connectivity index (χ3n) is 6.47. The number of likely N-dealkylation sites (tertiary alicyclic amines) is 1. The molecule has 30 heavy (non-hydrogen) atoms. The Morgan fingerprint density at radius 2 is 1.93 bits per heavy atom. The molecule has 2 aromatic carbocycles. The lowest BCUT2D eigenvalue weighted by molar-refractivity contribution is -0.138. The minimum atomic E-state index is -0.350. The first-order valence-electron chi connectivity index (χ1n) is 10.8. The Labute approximate surface area is 182 Å². The van der Waals surface area contributed by atoms with E-state index in [-0.39, 0.29) is 22.6 Å². The van der Waals surface area contributed by atoms with E-state index in [1.165, 1.54) is 5.39 Å². The number of thioether (sulfide) groups is 1. The second kappa shape index (κ2) is 9.40. The van der Waals surface area contributed by atoms with E-state index in [1.54, 1.807) is 4.90 Å². The van der Waals surface area contributed by atoms with Crippen LogP contribution in [0.5, 0.6) is 0 Å². The van der Waals surface area contributed by atoms with Crippen LogP contribution in [0.2, 0.25) is 0 Å². The predicted molar refractivity (Wildman–Crippen MR) is 122 cm³/mol. The van der Waals surface area contributed by atoms with E-state index in [4.69, 9.17) is 4.74 Å². The quantitative estimate of drug-likeness (QED) is 0.769. The normalized spacial score (nSPS) is 21.0. The zero-order chi connectivity index (χ0) is 21.0. The first-order chi connectivity index (χ1) is 14.6. The lowest BCUT2D eigenvalue weighted by atomic mass is 9.98. The average Bonchev–Trinajstić information content (AvgIpc) is 3.28. The van der Waals surface area contributed by atoms with Crippen LogP contribution in [0, 0.1) is 0 Å². The van der Waals surface area contributed by atoms with Gasteiger partial charge in [-0.1, -0.05) is 42.5 Å². The van der Waals surface area contributed by atoms with Gasteiger partial charge in [-0.3, -0.25) is 9.59 Å². The maximum absolute atomic E-state index is 13.0. The largest absolute Gasteiger partial charge is 0.381 e. The molecule has 2 fully saturated rings. The lowest BCUT2D eigenvalue weighted by Crippen LogP contribution is -2.51. The Kier molecular flexibility index (Phi) is 6.64. The zero-order valence-electron chi connectivity index (χ0n) is 17.6. The summed E-state index contributed by atoms with van der Waals surface area (Å²) in [5.41, 5.74) is 0.994. The number of hydrogen-bond acceptors (Lipinski definition) is 4. The summed E-state index contributed by atoms with van der Waals surface area (Å²) in [6, 6.07) is 14.0. The van der Waals surface area contributed by atoms with Crippen molar-refractivity contribution in [1.82, 2.24) is 10.2 Å². The number of nitrogens with one attached hydrogen (secondary N) is 1. The van der Waals surface area contributed by atoms with Crippen LogP contribution in [0.15, 0.2) is 42.5 Å². The molecule has 0 radical (unpaired) electrons. The van der Waals surface area contributed by atoms with Crippen LogP contribution in [0.3, 0.4) is 0 Å². The Balaban J connectivity index is 1.38. The van der Waals surface area contributed by atoms with Crippen LogP contribution < -0.4 is 5.32 Å². The van der Waals surface area contributed by atoms with Crippen molar-refractivity contribution in [2.24, 2.45) is 0 Å². The summed E-state index contributed by atoms with van der Waals surface area (Å²) >= 11 is 1.81. The monoisotopic (exact) mass is 426 g/mol. The van der Waals surface area contributed by atoms with E-state index in [1.807, 2.05) is 30.0 Å². The molecule has 2 heterocycles. The molecule has 0 spiro atoms. The van der Waals surface area contributed by atoms with Crippen molar-refractivity contribution in [3.63, 3.8) is 0 Å². The van der Waals surface area contributed by atoms with E-state index in [2.05, 4.69) is 35.8 Å². The van der Waals surface area contributed by atoms with E-state index in [0.717, 1.165) is 49.8 Å². The van der Waals surface area contributed by atoms with Crippen molar-refractivity contribution in [3.05, 3.63) is 48.0 Å². The Morgan fingerprint density at radius 1 is 1.17 bits per heavy atom. The van der Waals surface area contributed by atoms with Gasteiger partial charge in [-0.15, -0.1) is 0 Å². The fourth-order valence-electron chi connectivity index (χ4n) is 4.53.